The fourth-order valence-electron chi connectivity index (χ4n) is 1.93. The molecule has 2 aromatic rings. The molecule has 0 unspecified atom stereocenters. The fourth-order valence-corrected chi connectivity index (χ4v) is 1.93. The van der Waals surface area contributed by atoms with Crippen molar-refractivity contribution in [1.82, 2.24) is 4.98 Å². The van der Waals surface area contributed by atoms with Crippen LogP contribution in [0.2, 0.25) is 0 Å². The van der Waals surface area contributed by atoms with Crippen molar-refractivity contribution in [3.8, 4) is 5.75 Å². The predicted molar refractivity (Wildman–Crippen MR) is 60.9 cm³/mol. The monoisotopic (exact) mass is 219 g/mol. The van der Waals surface area contributed by atoms with Gasteiger partial charge in [0.15, 0.2) is 0 Å². The van der Waals surface area contributed by atoms with E-state index < -0.39 is 5.97 Å². The minimum atomic E-state index is -0.839. The van der Waals surface area contributed by atoms with Gasteiger partial charge in [-0.25, -0.2) is 0 Å². The van der Waals surface area contributed by atoms with Gasteiger partial charge in [0.1, 0.15) is 5.75 Å². The number of benzene rings is 1. The minimum absolute atomic E-state index is 0.00364. The molecule has 2 rings (SSSR count). The smallest absolute Gasteiger partial charge is 0.309 e. The van der Waals surface area contributed by atoms with Crippen molar-refractivity contribution >= 4 is 16.9 Å². The topological polar surface area (TPSA) is 62.3 Å². The minimum Gasteiger partial charge on any atom is -0.496 e. The molecule has 0 spiro atoms. The van der Waals surface area contributed by atoms with Crippen LogP contribution in [0.25, 0.3) is 10.9 Å². The van der Waals surface area contributed by atoms with Crippen molar-refractivity contribution in [3.05, 3.63) is 29.5 Å². The number of nitrogens with one attached hydrogen (secondary N) is 1. The highest BCUT2D eigenvalue weighted by Gasteiger charge is 2.13. The van der Waals surface area contributed by atoms with Crippen LogP contribution in [0.5, 0.6) is 5.75 Å². The number of rotatable bonds is 3. The number of fused-ring (bicyclic) bond motifs is 1. The van der Waals surface area contributed by atoms with Gasteiger partial charge in [-0.3, -0.25) is 4.79 Å². The number of carboxylic acids is 1. The molecule has 2 N–H and O–H groups in total. The van der Waals surface area contributed by atoms with E-state index in [1.54, 1.807) is 7.11 Å². The summed E-state index contributed by atoms with van der Waals surface area (Å²) in [6, 6.07) is 5.66. The zero-order chi connectivity index (χ0) is 11.7. The molecule has 1 heterocycles. The molecule has 4 heteroatoms. The first-order valence-electron chi connectivity index (χ1n) is 4.99. The molecule has 0 aliphatic rings. The van der Waals surface area contributed by atoms with Gasteiger partial charge >= 0.3 is 5.97 Å². The lowest BCUT2D eigenvalue weighted by Gasteiger charge is -2.01. The molecular weight excluding hydrogens is 206 g/mol. The van der Waals surface area contributed by atoms with Crippen molar-refractivity contribution in [2.24, 2.45) is 0 Å². The summed E-state index contributed by atoms with van der Waals surface area (Å²) in [5, 5.41) is 9.75. The number of hydrogen-bond acceptors (Lipinski definition) is 2. The Morgan fingerprint density at radius 3 is 2.88 bits per heavy atom. The standard InChI is InChI=1S/C12H13NO3/c1-7-9(6-11(14)15)13-8-4-3-5-10(16-2)12(7)8/h3-5,13H,6H2,1-2H3,(H,14,15). The van der Waals surface area contributed by atoms with Gasteiger partial charge in [-0.05, 0) is 24.6 Å². The van der Waals surface area contributed by atoms with Gasteiger partial charge in [0.25, 0.3) is 0 Å². The second-order valence-corrected chi connectivity index (χ2v) is 3.68. The molecule has 1 aromatic heterocycles. The van der Waals surface area contributed by atoms with Gasteiger partial charge in [0, 0.05) is 16.6 Å². The Morgan fingerprint density at radius 1 is 1.50 bits per heavy atom. The lowest BCUT2D eigenvalue weighted by atomic mass is 10.1. The maximum atomic E-state index is 10.7. The van der Waals surface area contributed by atoms with E-state index in [9.17, 15) is 4.79 Å². The molecule has 0 amide bonds. The molecule has 0 radical (unpaired) electrons. The van der Waals surface area contributed by atoms with Gasteiger partial charge in [-0.2, -0.15) is 0 Å². The normalized spacial score (nSPS) is 10.6. The second-order valence-electron chi connectivity index (χ2n) is 3.68. The summed E-state index contributed by atoms with van der Waals surface area (Å²) in [4.78, 5) is 13.8. The summed E-state index contributed by atoms with van der Waals surface area (Å²) >= 11 is 0. The Hall–Kier alpha value is -1.97. The Morgan fingerprint density at radius 2 is 2.25 bits per heavy atom. The van der Waals surface area contributed by atoms with Gasteiger partial charge in [0.05, 0.1) is 13.5 Å². The lowest BCUT2D eigenvalue weighted by molar-refractivity contribution is -0.136. The molecule has 1 aromatic carbocycles. The third-order valence-corrected chi connectivity index (χ3v) is 2.69. The number of ether oxygens (including phenoxy) is 1. The number of aryl methyl sites for hydroxylation is 1. The van der Waals surface area contributed by atoms with Crippen molar-refractivity contribution in [2.75, 3.05) is 7.11 Å². The Kier molecular flexibility index (Phi) is 2.56. The summed E-state index contributed by atoms with van der Waals surface area (Å²) in [6.45, 7) is 1.90. The molecule has 0 bridgehead atoms. The van der Waals surface area contributed by atoms with Crippen molar-refractivity contribution in [1.29, 1.82) is 0 Å². The molecule has 0 aliphatic heterocycles. The number of carbonyl (C=O) groups is 1. The highest BCUT2D eigenvalue weighted by Crippen LogP contribution is 2.30. The van der Waals surface area contributed by atoms with E-state index in [1.807, 2.05) is 25.1 Å². The summed E-state index contributed by atoms with van der Waals surface area (Å²) in [6.07, 6.45) is 0.00364. The first-order valence-corrected chi connectivity index (χ1v) is 4.99. The van der Waals surface area contributed by atoms with Gasteiger partial charge < -0.3 is 14.8 Å². The lowest BCUT2D eigenvalue weighted by Crippen LogP contribution is -2.01. The third kappa shape index (κ3) is 1.62. The first-order chi connectivity index (χ1) is 7.63. The van der Waals surface area contributed by atoms with E-state index in [4.69, 9.17) is 9.84 Å². The summed E-state index contributed by atoms with van der Waals surface area (Å²) in [7, 11) is 1.61. The summed E-state index contributed by atoms with van der Waals surface area (Å²) in [5.41, 5.74) is 2.58. The van der Waals surface area contributed by atoms with Crippen LogP contribution in [-0.2, 0) is 11.2 Å². The van der Waals surface area contributed by atoms with Gasteiger partial charge in [-0.15, -0.1) is 0 Å². The predicted octanol–water partition coefficient (Wildman–Crippen LogP) is 2.11. The van der Waals surface area contributed by atoms with Crippen LogP contribution in [0.1, 0.15) is 11.3 Å². The van der Waals surface area contributed by atoms with Crippen LogP contribution in [-0.4, -0.2) is 23.2 Å². The Bertz CT molecular complexity index is 542. The largest absolute Gasteiger partial charge is 0.496 e. The molecule has 0 atom stereocenters. The van der Waals surface area contributed by atoms with E-state index in [2.05, 4.69) is 4.98 Å². The number of hydrogen-bond donors (Lipinski definition) is 2. The maximum absolute atomic E-state index is 10.7. The average Bonchev–Trinajstić information content (AvgIpc) is 2.55. The van der Waals surface area contributed by atoms with E-state index >= 15 is 0 Å². The zero-order valence-corrected chi connectivity index (χ0v) is 9.20. The highest BCUT2D eigenvalue weighted by atomic mass is 16.5. The van der Waals surface area contributed by atoms with E-state index in [0.29, 0.717) is 0 Å². The summed E-state index contributed by atoms with van der Waals surface area (Å²) in [5.74, 6) is -0.0727. The van der Waals surface area contributed by atoms with Crippen molar-refractivity contribution in [2.45, 2.75) is 13.3 Å². The van der Waals surface area contributed by atoms with Crippen LogP contribution >= 0.6 is 0 Å². The highest BCUT2D eigenvalue weighted by molar-refractivity contribution is 5.91. The Balaban J connectivity index is 2.63. The van der Waals surface area contributed by atoms with Crippen LogP contribution < -0.4 is 4.74 Å². The van der Waals surface area contributed by atoms with Crippen molar-refractivity contribution < 1.29 is 14.6 Å². The summed E-state index contributed by atoms with van der Waals surface area (Å²) < 4.78 is 5.26. The van der Waals surface area contributed by atoms with Gasteiger partial charge in [-0.1, -0.05) is 6.07 Å². The van der Waals surface area contributed by atoms with Crippen LogP contribution in [0.4, 0.5) is 0 Å². The molecule has 0 saturated heterocycles. The first kappa shape index (κ1) is 10.5. The van der Waals surface area contributed by atoms with E-state index in [0.717, 1.165) is 27.9 Å². The van der Waals surface area contributed by atoms with Gasteiger partial charge in [0.2, 0.25) is 0 Å². The van der Waals surface area contributed by atoms with E-state index in [-0.39, 0.29) is 6.42 Å². The quantitative estimate of drug-likeness (QED) is 0.831. The fraction of sp³-hybridized carbons (Fsp3) is 0.250. The molecule has 0 aliphatic carbocycles. The van der Waals surface area contributed by atoms with Crippen LogP contribution in [0.15, 0.2) is 18.2 Å². The van der Waals surface area contributed by atoms with Crippen LogP contribution in [0, 0.1) is 6.92 Å². The average molecular weight is 219 g/mol. The molecule has 84 valence electrons. The molecule has 16 heavy (non-hydrogen) atoms. The molecule has 0 saturated carbocycles. The third-order valence-electron chi connectivity index (χ3n) is 2.69. The van der Waals surface area contributed by atoms with Crippen LogP contribution in [0.3, 0.4) is 0 Å². The molecular formula is C12H13NO3. The van der Waals surface area contributed by atoms with E-state index in [1.165, 1.54) is 0 Å². The maximum Gasteiger partial charge on any atom is 0.309 e. The second kappa shape index (κ2) is 3.89. The number of methoxy groups -OCH3 is 1. The zero-order valence-electron chi connectivity index (χ0n) is 9.20. The van der Waals surface area contributed by atoms with Crippen molar-refractivity contribution in [3.63, 3.8) is 0 Å². The SMILES string of the molecule is COc1cccc2[nH]c(CC(=O)O)c(C)c12. The number of aromatic nitrogens is 1. The number of H-pyrrole nitrogens is 1. The molecule has 0 fully saturated rings. The number of aromatic amines is 1. The number of aliphatic carboxylic acids is 1. The number of carboxylic acid groups (broad SMARTS) is 1. The Labute approximate surface area is 92.9 Å². The molecule has 4 nitrogen and oxygen atoms in total.